The number of halogens is 2. The SMILES string of the molecule is Cc1[nH]c(C(O)c2cccc(F)c2F)c(C)c1C. The number of nitrogens with one attached hydrogen (secondary N) is 1. The van der Waals surface area contributed by atoms with Crippen molar-refractivity contribution in [1.29, 1.82) is 0 Å². The van der Waals surface area contributed by atoms with Gasteiger partial charge in [-0.25, -0.2) is 8.78 Å². The molecule has 0 saturated heterocycles. The summed E-state index contributed by atoms with van der Waals surface area (Å²) >= 11 is 0. The van der Waals surface area contributed by atoms with E-state index < -0.39 is 17.7 Å². The molecule has 0 radical (unpaired) electrons. The molecule has 96 valence electrons. The molecule has 1 aromatic carbocycles. The van der Waals surface area contributed by atoms with Crippen molar-refractivity contribution >= 4 is 0 Å². The predicted octanol–water partition coefficient (Wildman–Crippen LogP) is 3.30. The number of aliphatic hydroxyl groups excluding tert-OH is 1. The van der Waals surface area contributed by atoms with Crippen molar-refractivity contribution in [2.75, 3.05) is 0 Å². The number of aryl methyl sites for hydroxylation is 1. The zero-order valence-electron chi connectivity index (χ0n) is 10.5. The van der Waals surface area contributed by atoms with Gasteiger partial charge in [-0.3, -0.25) is 0 Å². The van der Waals surface area contributed by atoms with Crippen LogP contribution in [0.4, 0.5) is 8.78 Å². The van der Waals surface area contributed by atoms with E-state index in [9.17, 15) is 13.9 Å². The Kier molecular flexibility index (Phi) is 3.22. The van der Waals surface area contributed by atoms with E-state index in [0.717, 1.165) is 22.9 Å². The van der Waals surface area contributed by atoms with Crippen LogP contribution in [0.1, 0.15) is 34.2 Å². The van der Waals surface area contributed by atoms with Gasteiger partial charge in [0.2, 0.25) is 0 Å². The second kappa shape index (κ2) is 4.53. The van der Waals surface area contributed by atoms with Crippen LogP contribution < -0.4 is 0 Å². The highest BCUT2D eigenvalue weighted by Crippen LogP contribution is 2.29. The van der Waals surface area contributed by atoms with Crippen LogP contribution in [0.5, 0.6) is 0 Å². The topological polar surface area (TPSA) is 36.0 Å². The lowest BCUT2D eigenvalue weighted by molar-refractivity contribution is 0.208. The molecule has 4 heteroatoms. The molecule has 0 aliphatic rings. The van der Waals surface area contributed by atoms with E-state index in [4.69, 9.17) is 0 Å². The molecule has 1 atom stereocenters. The van der Waals surface area contributed by atoms with Crippen LogP contribution in [0.3, 0.4) is 0 Å². The van der Waals surface area contributed by atoms with Crippen LogP contribution in [0.25, 0.3) is 0 Å². The number of rotatable bonds is 2. The fourth-order valence-electron chi connectivity index (χ4n) is 2.03. The lowest BCUT2D eigenvalue weighted by Crippen LogP contribution is -2.06. The maximum Gasteiger partial charge on any atom is 0.165 e. The highest BCUT2D eigenvalue weighted by atomic mass is 19.2. The highest BCUT2D eigenvalue weighted by molar-refractivity contribution is 5.39. The van der Waals surface area contributed by atoms with Crippen LogP contribution in [-0.2, 0) is 0 Å². The molecule has 0 aliphatic carbocycles. The van der Waals surface area contributed by atoms with Crippen molar-refractivity contribution < 1.29 is 13.9 Å². The van der Waals surface area contributed by atoms with Crippen molar-refractivity contribution in [3.05, 3.63) is 57.9 Å². The van der Waals surface area contributed by atoms with Crippen molar-refractivity contribution in [3.8, 4) is 0 Å². The molecule has 0 aliphatic heterocycles. The summed E-state index contributed by atoms with van der Waals surface area (Å²) < 4.78 is 26.8. The number of aliphatic hydroxyl groups is 1. The number of hydrogen-bond donors (Lipinski definition) is 2. The third kappa shape index (κ3) is 1.93. The minimum Gasteiger partial charge on any atom is -0.382 e. The van der Waals surface area contributed by atoms with Gasteiger partial charge in [0.1, 0.15) is 6.10 Å². The van der Waals surface area contributed by atoms with Gasteiger partial charge in [0, 0.05) is 11.3 Å². The molecular formula is C14H15F2NO. The van der Waals surface area contributed by atoms with Gasteiger partial charge in [0.25, 0.3) is 0 Å². The Labute approximate surface area is 104 Å². The first-order chi connectivity index (χ1) is 8.43. The van der Waals surface area contributed by atoms with E-state index in [1.165, 1.54) is 12.1 Å². The Hall–Kier alpha value is -1.68. The predicted molar refractivity (Wildman–Crippen MR) is 65.4 cm³/mol. The smallest absolute Gasteiger partial charge is 0.165 e. The summed E-state index contributed by atoms with van der Waals surface area (Å²) in [6.45, 7) is 5.63. The van der Waals surface area contributed by atoms with Crippen molar-refractivity contribution in [2.45, 2.75) is 26.9 Å². The Morgan fingerprint density at radius 1 is 1.11 bits per heavy atom. The van der Waals surface area contributed by atoms with Gasteiger partial charge in [-0.15, -0.1) is 0 Å². The third-order valence-electron chi connectivity index (χ3n) is 3.40. The maximum atomic E-state index is 13.6. The van der Waals surface area contributed by atoms with Gasteiger partial charge in [-0.05, 0) is 38.0 Å². The van der Waals surface area contributed by atoms with E-state index >= 15 is 0 Å². The molecule has 18 heavy (non-hydrogen) atoms. The van der Waals surface area contributed by atoms with E-state index in [0.29, 0.717) is 5.69 Å². The van der Waals surface area contributed by atoms with Gasteiger partial charge in [0.15, 0.2) is 11.6 Å². The Morgan fingerprint density at radius 2 is 1.78 bits per heavy atom. The zero-order valence-corrected chi connectivity index (χ0v) is 10.5. The minimum atomic E-state index is -1.19. The van der Waals surface area contributed by atoms with Crippen LogP contribution in [-0.4, -0.2) is 10.1 Å². The molecular weight excluding hydrogens is 236 g/mol. The fourth-order valence-corrected chi connectivity index (χ4v) is 2.03. The average Bonchev–Trinajstić information content (AvgIpc) is 2.60. The Morgan fingerprint density at radius 3 is 2.33 bits per heavy atom. The molecule has 2 aromatic rings. The van der Waals surface area contributed by atoms with Crippen LogP contribution in [0, 0.1) is 32.4 Å². The molecule has 0 fully saturated rings. The van der Waals surface area contributed by atoms with Crippen LogP contribution in [0.2, 0.25) is 0 Å². The molecule has 1 heterocycles. The van der Waals surface area contributed by atoms with Crippen LogP contribution in [0.15, 0.2) is 18.2 Å². The molecule has 0 saturated carbocycles. The van der Waals surface area contributed by atoms with E-state index in [-0.39, 0.29) is 5.56 Å². The number of aromatic nitrogens is 1. The van der Waals surface area contributed by atoms with Gasteiger partial charge in [-0.2, -0.15) is 0 Å². The van der Waals surface area contributed by atoms with Crippen molar-refractivity contribution in [3.63, 3.8) is 0 Å². The third-order valence-corrected chi connectivity index (χ3v) is 3.40. The summed E-state index contributed by atoms with van der Waals surface area (Å²) in [6, 6.07) is 3.80. The molecule has 2 rings (SSSR count). The number of hydrogen-bond acceptors (Lipinski definition) is 1. The van der Waals surface area contributed by atoms with Gasteiger partial charge in [0.05, 0.1) is 5.69 Å². The summed E-state index contributed by atoms with van der Waals surface area (Å²) in [6.07, 6.45) is -1.19. The standard InChI is InChI=1S/C14H15F2NO/c1-7-8(2)13(17-9(7)3)14(18)10-5-4-6-11(15)12(10)16/h4-6,14,17-18H,1-3H3. The first-order valence-corrected chi connectivity index (χ1v) is 5.71. The first-order valence-electron chi connectivity index (χ1n) is 5.71. The van der Waals surface area contributed by atoms with Crippen molar-refractivity contribution in [1.82, 2.24) is 4.98 Å². The van der Waals surface area contributed by atoms with Crippen molar-refractivity contribution in [2.24, 2.45) is 0 Å². The van der Waals surface area contributed by atoms with Gasteiger partial charge in [-0.1, -0.05) is 12.1 Å². The van der Waals surface area contributed by atoms with E-state index in [1.54, 1.807) is 0 Å². The molecule has 2 N–H and O–H groups in total. The first kappa shape index (κ1) is 12.8. The summed E-state index contributed by atoms with van der Waals surface area (Å²) in [5.74, 6) is -1.96. The van der Waals surface area contributed by atoms with E-state index in [2.05, 4.69) is 4.98 Å². The number of H-pyrrole nitrogens is 1. The minimum absolute atomic E-state index is 0.0562. The summed E-state index contributed by atoms with van der Waals surface area (Å²) in [4.78, 5) is 3.02. The zero-order chi connectivity index (χ0) is 13.4. The summed E-state index contributed by atoms with van der Waals surface area (Å²) in [7, 11) is 0. The quantitative estimate of drug-likeness (QED) is 0.844. The molecule has 2 nitrogen and oxygen atoms in total. The second-order valence-corrected chi connectivity index (χ2v) is 4.46. The molecule has 1 aromatic heterocycles. The second-order valence-electron chi connectivity index (χ2n) is 4.46. The largest absolute Gasteiger partial charge is 0.382 e. The average molecular weight is 251 g/mol. The molecule has 1 unspecified atom stereocenters. The van der Waals surface area contributed by atoms with E-state index in [1.807, 2.05) is 20.8 Å². The lowest BCUT2D eigenvalue weighted by atomic mass is 10.0. The fraction of sp³-hybridized carbons (Fsp3) is 0.286. The molecule has 0 bridgehead atoms. The summed E-state index contributed by atoms with van der Waals surface area (Å²) in [5, 5.41) is 10.2. The van der Waals surface area contributed by atoms with Gasteiger partial charge < -0.3 is 10.1 Å². The Bertz CT molecular complexity index is 590. The summed E-state index contributed by atoms with van der Waals surface area (Å²) in [5.41, 5.74) is 3.25. The normalized spacial score (nSPS) is 12.8. The number of aromatic amines is 1. The maximum absolute atomic E-state index is 13.6. The molecule has 0 amide bonds. The Balaban J connectivity index is 2.51. The lowest BCUT2D eigenvalue weighted by Gasteiger charge is -2.12. The monoisotopic (exact) mass is 251 g/mol. The molecule has 0 spiro atoms. The number of benzene rings is 1. The van der Waals surface area contributed by atoms with Crippen LogP contribution >= 0.6 is 0 Å². The van der Waals surface area contributed by atoms with Gasteiger partial charge >= 0.3 is 0 Å². The highest BCUT2D eigenvalue weighted by Gasteiger charge is 2.21.